The Balaban J connectivity index is 1.44. The van der Waals surface area contributed by atoms with Crippen molar-refractivity contribution in [2.45, 2.75) is 89.1 Å². The van der Waals surface area contributed by atoms with Crippen LogP contribution < -0.4 is 5.32 Å². The van der Waals surface area contributed by atoms with Gasteiger partial charge in [0.05, 0.1) is 0 Å². The van der Waals surface area contributed by atoms with E-state index in [9.17, 15) is 4.79 Å². The van der Waals surface area contributed by atoms with Crippen molar-refractivity contribution in [3.63, 3.8) is 0 Å². The third kappa shape index (κ3) is 4.70. The van der Waals surface area contributed by atoms with Crippen molar-refractivity contribution in [3.05, 3.63) is 0 Å². The highest BCUT2D eigenvalue weighted by molar-refractivity contribution is 5.77. The molecule has 0 spiro atoms. The van der Waals surface area contributed by atoms with E-state index in [-0.39, 0.29) is 0 Å². The highest BCUT2D eigenvalue weighted by Crippen LogP contribution is 2.31. The normalized spacial score (nSPS) is 27.5. The van der Waals surface area contributed by atoms with Crippen LogP contribution in [0.5, 0.6) is 0 Å². The first-order valence-corrected chi connectivity index (χ1v) is 9.36. The topological polar surface area (TPSA) is 32.3 Å². The number of carbonyl (C=O) groups is 1. The second kappa shape index (κ2) is 7.62. The zero-order chi connectivity index (χ0) is 14.5. The molecular weight excluding hydrogens is 260 g/mol. The van der Waals surface area contributed by atoms with Crippen LogP contribution in [0, 0.1) is 5.92 Å². The highest BCUT2D eigenvalue weighted by Gasteiger charge is 2.34. The summed E-state index contributed by atoms with van der Waals surface area (Å²) in [7, 11) is 0. The van der Waals surface area contributed by atoms with E-state index in [0.717, 1.165) is 31.8 Å². The lowest BCUT2D eigenvalue weighted by Crippen LogP contribution is -2.46. The number of carbonyl (C=O) groups excluding carboxylic acids is 1. The van der Waals surface area contributed by atoms with E-state index < -0.39 is 0 Å². The summed E-state index contributed by atoms with van der Waals surface area (Å²) in [5.41, 5.74) is 0. The molecule has 0 radical (unpaired) electrons. The molecule has 0 bridgehead atoms. The van der Waals surface area contributed by atoms with Crippen LogP contribution in [0.15, 0.2) is 0 Å². The fraction of sp³-hybridized carbons (Fsp3) is 0.944. The number of nitrogens with zero attached hydrogens (tertiary/aromatic N) is 1. The van der Waals surface area contributed by atoms with Crippen LogP contribution in [0.25, 0.3) is 0 Å². The predicted octanol–water partition coefficient (Wildman–Crippen LogP) is 3.48. The maximum atomic E-state index is 12.6. The number of rotatable bonds is 6. The lowest BCUT2D eigenvalue weighted by Gasteiger charge is -2.31. The molecule has 1 atom stereocenters. The fourth-order valence-electron chi connectivity index (χ4n) is 4.11. The lowest BCUT2D eigenvalue weighted by atomic mass is 9.86. The largest absolute Gasteiger partial charge is 0.338 e. The van der Waals surface area contributed by atoms with Crippen molar-refractivity contribution in [2.24, 2.45) is 5.92 Å². The minimum atomic E-state index is 0.440. The molecule has 3 heteroatoms. The van der Waals surface area contributed by atoms with E-state index >= 15 is 0 Å². The minimum Gasteiger partial charge on any atom is -0.338 e. The number of hydrogen-bond donors (Lipinski definition) is 1. The molecule has 3 rings (SSSR count). The standard InChI is InChI=1S/C18H32N2O/c21-18(12-9-15-6-2-1-3-7-15)20(17-10-11-17)14-16-8-4-5-13-19-16/h15-17,19H,1-14H2. The molecule has 0 aromatic heterocycles. The van der Waals surface area contributed by atoms with Crippen molar-refractivity contribution >= 4 is 5.91 Å². The van der Waals surface area contributed by atoms with Gasteiger partial charge >= 0.3 is 0 Å². The molecule has 1 heterocycles. The monoisotopic (exact) mass is 292 g/mol. The Morgan fingerprint density at radius 1 is 0.952 bits per heavy atom. The summed E-state index contributed by atoms with van der Waals surface area (Å²) in [5, 5.41) is 3.60. The van der Waals surface area contributed by atoms with E-state index in [2.05, 4.69) is 10.2 Å². The number of hydrogen-bond acceptors (Lipinski definition) is 2. The molecule has 2 saturated carbocycles. The molecule has 3 fully saturated rings. The zero-order valence-corrected chi connectivity index (χ0v) is 13.5. The van der Waals surface area contributed by atoms with Crippen molar-refractivity contribution in [1.82, 2.24) is 10.2 Å². The molecule has 1 amide bonds. The van der Waals surface area contributed by atoms with E-state index in [0.29, 0.717) is 18.0 Å². The van der Waals surface area contributed by atoms with Gasteiger partial charge < -0.3 is 10.2 Å². The molecule has 2 aliphatic carbocycles. The summed E-state index contributed by atoms with van der Waals surface area (Å²) in [6.45, 7) is 2.10. The van der Waals surface area contributed by atoms with Crippen LogP contribution in [0.1, 0.15) is 77.0 Å². The Kier molecular flexibility index (Phi) is 5.56. The molecule has 0 aromatic carbocycles. The summed E-state index contributed by atoms with van der Waals surface area (Å²) in [5.74, 6) is 1.27. The molecule has 1 aliphatic heterocycles. The maximum absolute atomic E-state index is 12.6. The Labute approximate surface area is 129 Å². The average molecular weight is 292 g/mol. The fourth-order valence-corrected chi connectivity index (χ4v) is 4.11. The predicted molar refractivity (Wildman–Crippen MR) is 86.2 cm³/mol. The van der Waals surface area contributed by atoms with Gasteiger partial charge in [-0.05, 0) is 44.6 Å². The number of amides is 1. The second-order valence-electron chi connectivity index (χ2n) is 7.47. The van der Waals surface area contributed by atoms with Crippen molar-refractivity contribution < 1.29 is 4.79 Å². The lowest BCUT2D eigenvalue weighted by molar-refractivity contribution is -0.132. The first-order valence-electron chi connectivity index (χ1n) is 9.36. The number of piperidine rings is 1. The maximum Gasteiger partial charge on any atom is 0.222 e. The van der Waals surface area contributed by atoms with Crippen LogP contribution in [-0.2, 0) is 4.79 Å². The molecule has 3 nitrogen and oxygen atoms in total. The molecule has 1 saturated heterocycles. The summed E-state index contributed by atoms with van der Waals surface area (Å²) >= 11 is 0. The average Bonchev–Trinajstić information content (AvgIpc) is 3.37. The SMILES string of the molecule is O=C(CCC1CCCCC1)N(CC1CCCCN1)C1CC1. The Morgan fingerprint density at radius 2 is 1.71 bits per heavy atom. The smallest absolute Gasteiger partial charge is 0.222 e. The van der Waals surface area contributed by atoms with E-state index in [1.54, 1.807) is 0 Å². The van der Waals surface area contributed by atoms with Crippen LogP contribution in [0.4, 0.5) is 0 Å². The molecule has 3 aliphatic rings. The molecule has 0 aromatic rings. The number of nitrogens with one attached hydrogen (secondary N) is 1. The van der Waals surface area contributed by atoms with E-state index in [1.807, 2.05) is 0 Å². The third-order valence-electron chi connectivity index (χ3n) is 5.63. The van der Waals surface area contributed by atoms with Crippen LogP contribution in [0.3, 0.4) is 0 Å². The quantitative estimate of drug-likeness (QED) is 0.813. The molecule has 1 N–H and O–H groups in total. The van der Waals surface area contributed by atoms with Gasteiger partial charge in [0.15, 0.2) is 0 Å². The summed E-state index contributed by atoms with van der Waals surface area (Å²) < 4.78 is 0. The highest BCUT2D eigenvalue weighted by atomic mass is 16.2. The zero-order valence-electron chi connectivity index (χ0n) is 13.5. The first kappa shape index (κ1) is 15.3. The molecular formula is C18H32N2O. The minimum absolute atomic E-state index is 0.440. The summed E-state index contributed by atoms with van der Waals surface area (Å²) in [6, 6.07) is 1.13. The van der Waals surface area contributed by atoms with Gasteiger partial charge in [0.2, 0.25) is 5.91 Å². The van der Waals surface area contributed by atoms with Gasteiger partial charge in [-0.15, -0.1) is 0 Å². The Bertz CT molecular complexity index is 328. The van der Waals surface area contributed by atoms with Crippen molar-refractivity contribution in [1.29, 1.82) is 0 Å². The molecule has 21 heavy (non-hydrogen) atoms. The van der Waals surface area contributed by atoms with Gasteiger partial charge in [0, 0.05) is 25.0 Å². The van der Waals surface area contributed by atoms with Gasteiger partial charge in [0.1, 0.15) is 0 Å². The first-order chi connectivity index (χ1) is 10.3. The van der Waals surface area contributed by atoms with Gasteiger partial charge in [-0.25, -0.2) is 0 Å². The Morgan fingerprint density at radius 3 is 2.38 bits per heavy atom. The summed E-state index contributed by atoms with van der Waals surface area (Å²) in [4.78, 5) is 14.9. The van der Waals surface area contributed by atoms with Crippen LogP contribution in [0.2, 0.25) is 0 Å². The van der Waals surface area contributed by atoms with E-state index in [4.69, 9.17) is 0 Å². The van der Waals surface area contributed by atoms with Crippen molar-refractivity contribution in [2.75, 3.05) is 13.1 Å². The molecule has 1 unspecified atom stereocenters. The second-order valence-corrected chi connectivity index (χ2v) is 7.47. The third-order valence-corrected chi connectivity index (χ3v) is 5.63. The van der Waals surface area contributed by atoms with Crippen LogP contribution >= 0.6 is 0 Å². The van der Waals surface area contributed by atoms with Gasteiger partial charge in [-0.1, -0.05) is 38.5 Å². The van der Waals surface area contributed by atoms with Crippen molar-refractivity contribution in [3.8, 4) is 0 Å². The van der Waals surface area contributed by atoms with Gasteiger partial charge in [-0.2, -0.15) is 0 Å². The Hall–Kier alpha value is -0.570. The molecule has 120 valence electrons. The summed E-state index contributed by atoms with van der Waals surface area (Å²) in [6.07, 6.45) is 15.2. The van der Waals surface area contributed by atoms with E-state index in [1.165, 1.54) is 64.2 Å². The van der Waals surface area contributed by atoms with Gasteiger partial charge in [0.25, 0.3) is 0 Å². The van der Waals surface area contributed by atoms with Gasteiger partial charge in [-0.3, -0.25) is 4.79 Å². The van der Waals surface area contributed by atoms with Crippen LogP contribution in [-0.4, -0.2) is 36.0 Å².